The highest BCUT2D eigenvalue weighted by atomic mass is 16.7. The van der Waals surface area contributed by atoms with Crippen molar-refractivity contribution in [1.82, 2.24) is 10.6 Å². The first-order valence-electron chi connectivity index (χ1n) is 7.29. The molecule has 132 valence electrons. The average molecular weight is 340 g/mol. The molecule has 0 amide bonds. The topological polar surface area (TPSA) is 136 Å². The second kappa shape index (κ2) is 10.3. The van der Waals surface area contributed by atoms with Crippen LogP contribution in [0.5, 0.6) is 0 Å². The summed E-state index contributed by atoms with van der Waals surface area (Å²) in [6.07, 6.45) is 2.61. The number of carboxylic acids is 3. The number of hydrazine groups is 1. The Kier molecular flexibility index (Phi) is 8.41. The molecule has 0 spiro atoms. The van der Waals surface area contributed by atoms with E-state index in [9.17, 15) is 4.79 Å². The van der Waals surface area contributed by atoms with Crippen molar-refractivity contribution >= 4 is 17.9 Å². The van der Waals surface area contributed by atoms with Gasteiger partial charge in [-0.05, 0) is 24.8 Å². The molecule has 1 fully saturated rings. The maximum Gasteiger partial charge on any atom is 0.414 e. The lowest BCUT2D eigenvalue weighted by molar-refractivity contribution is -0.162. The quantitative estimate of drug-likeness (QED) is 0.451. The van der Waals surface area contributed by atoms with Crippen molar-refractivity contribution in [3.8, 4) is 0 Å². The molecule has 1 aromatic carbocycles. The van der Waals surface area contributed by atoms with Crippen molar-refractivity contribution < 1.29 is 34.5 Å². The number of rotatable bonds is 5. The fourth-order valence-electron chi connectivity index (χ4n) is 2.07. The lowest BCUT2D eigenvalue weighted by Crippen LogP contribution is -2.51. The molecule has 1 heterocycles. The molecule has 9 heteroatoms. The molecule has 4 N–H and O–H groups in total. The first-order chi connectivity index (χ1) is 11.4. The van der Waals surface area contributed by atoms with E-state index in [-0.39, 0.29) is 0 Å². The van der Waals surface area contributed by atoms with E-state index < -0.39 is 23.9 Å². The van der Waals surface area contributed by atoms with Crippen LogP contribution in [0, 0.1) is 0 Å². The van der Waals surface area contributed by atoms with E-state index in [2.05, 4.69) is 5.59 Å². The predicted octanol–water partition coefficient (Wildman–Crippen LogP) is 0.718. The summed E-state index contributed by atoms with van der Waals surface area (Å²) in [4.78, 5) is 34.6. The van der Waals surface area contributed by atoms with E-state index in [0.29, 0.717) is 19.6 Å². The smallest absolute Gasteiger partial charge is 0.414 e. The summed E-state index contributed by atoms with van der Waals surface area (Å²) >= 11 is 0. The van der Waals surface area contributed by atoms with Gasteiger partial charge in [0.1, 0.15) is 6.04 Å². The van der Waals surface area contributed by atoms with Gasteiger partial charge in [-0.15, -0.1) is 5.59 Å². The molecule has 9 nitrogen and oxygen atoms in total. The SMILES string of the molecule is O=C(O)C(=O)O.O=C(O)C1CCCCN1NOCc1ccccc1. The summed E-state index contributed by atoms with van der Waals surface area (Å²) in [5.41, 5.74) is 3.80. The maximum atomic E-state index is 11.1. The molecule has 1 atom stereocenters. The lowest BCUT2D eigenvalue weighted by Gasteiger charge is -2.32. The number of aliphatic carboxylic acids is 3. The van der Waals surface area contributed by atoms with Gasteiger partial charge in [0, 0.05) is 6.54 Å². The van der Waals surface area contributed by atoms with Crippen LogP contribution in [0.2, 0.25) is 0 Å². The van der Waals surface area contributed by atoms with Gasteiger partial charge in [0.05, 0.1) is 6.61 Å². The molecule has 0 aromatic heterocycles. The van der Waals surface area contributed by atoms with Crippen LogP contribution >= 0.6 is 0 Å². The van der Waals surface area contributed by atoms with Crippen molar-refractivity contribution in [1.29, 1.82) is 0 Å². The Bertz CT molecular complexity index is 538. The Morgan fingerprint density at radius 3 is 2.25 bits per heavy atom. The zero-order valence-electron chi connectivity index (χ0n) is 12.9. The molecule has 1 aliphatic rings. The molecule has 0 aliphatic carbocycles. The van der Waals surface area contributed by atoms with Gasteiger partial charge in [-0.2, -0.15) is 0 Å². The van der Waals surface area contributed by atoms with E-state index in [1.54, 1.807) is 5.01 Å². The van der Waals surface area contributed by atoms with Gasteiger partial charge < -0.3 is 15.3 Å². The highest BCUT2D eigenvalue weighted by Gasteiger charge is 2.28. The molecule has 0 radical (unpaired) electrons. The van der Waals surface area contributed by atoms with Gasteiger partial charge in [-0.25, -0.2) is 14.6 Å². The van der Waals surface area contributed by atoms with E-state index in [1.807, 2.05) is 30.3 Å². The third kappa shape index (κ3) is 7.18. The van der Waals surface area contributed by atoms with Crippen molar-refractivity contribution in [2.24, 2.45) is 0 Å². The Labute approximate surface area is 138 Å². The van der Waals surface area contributed by atoms with Crippen molar-refractivity contribution in [3.63, 3.8) is 0 Å². The van der Waals surface area contributed by atoms with Gasteiger partial charge in [-0.3, -0.25) is 9.63 Å². The van der Waals surface area contributed by atoms with Gasteiger partial charge >= 0.3 is 17.9 Å². The largest absolute Gasteiger partial charge is 0.480 e. The van der Waals surface area contributed by atoms with Crippen LogP contribution in [-0.2, 0) is 25.8 Å². The molecule has 1 saturated heterocycles. The number of carbonyl (C=O) groups is 3. The third-order valence-corrected chi connectivity index (χ3v) is 3.23. The summed E-state index contributed by atoms with van der Waals surface area (Å²) in [6.45, 7) is 1.12. The minimum Gasteiger partial charge on any atom is -0.480 e. The normalized spacial score (nSPS) is 17.4. The Morgan fingerprint density at radius 1 is 1.08 bits per heavy atom. The average Bonchev–Trinajstić information content (AvgIpc) is 2.56. The zero-order valence-corrected chi connectivity index (χ0v) is 12.9. The van der Waals surface area contributed by atoms with E-state index >= 15 is 0 Å². The number of nitrogens with one attached hydrogen (secondary N) is 1. The standard InChI is InChI=1S/C13H18N2O3.C2H2O4/c16-13(17)12-8-4-5-9-15(12)14-18-10-11-6-2-1-3-7-11;3-1(4)2(5)6/h1-3,6-7,12,14H,4-5,8-10H2,(H,16,17);(H,3,4)(H,5,6). The van der Waals surface area contributed by atoms with Crippen LogP contribution in [0.3, 0.4) is 0 Å². The van der Waals surface area contributed by atoms with E-state index in [0.717, 1.165) is 18.4 Å². The van der Waals surface area contributed by atoms with Gasteiger partial charge in [0.25, 0.3) is 0 Å². The van der Waals surface area contributed by atoms with Gasteiger partial charge in [0.15, 0.2) is 0 Å². The number of hydrogen-bond acceptors (Lipinski definition) is 6. The van der Waals surface area contributed by atoms with Crippen LogP contribution in [-0.4, -0.2) is 50.8 Å². The summed E-state index contributed by atoms with van der Waals surface area (Å²) in [5.74, 6) is -4.45. The maximum absolute atomic E-state index is 11.1. The highest BCUT2D eigenvalue weighted by Crippen LogP contribution is 2.15. The number of nitrogens with zero attached hydrogens (tertiary/aromatic N) is 1. The molecule has 1 aliphatic heterocycles. The van der Waals surface area contributed by atoms with Crippen molar-refractivity contribution in [3.05, 3.63) is 35.9 Å². The molecule has 0 bridgehead atoms. The lowest BCUT2D eigenvalue weighted by atomic mass is 10.0. The summed E-state index contributed by atoms with van der Waals surface area (Å²) < 4.78 is 0. The van der Waals surface area contributed by atoms with E-state index in [1.165, 1.54) is 0 Å². The Morgan fingerprint density at radius 2 is 1.71 bits per heavy atom. The molecule has 2 rings (SSSR count). The number of benzene rings is 1. The van der Waals surface area contributed by atoms with Gasteiger partial charge in [-0.1, -0.05) is 30.3 Å². The van der Waals surface area contributed by atoms with Crippen molar-refractivity contribution in [2.75, 3.05) is 6.54 Å². The van der Waals surface area contributed by atoms with Crippen LogP contribution in [0.1, 0.15) is 24.8 Å². The van der Waals surface area contributed by atoms with Crippen LogP contribution in [0.25, 0.3) is 0 Å². The fraction of sp³-hybridized carbons (Fsp3) is 0.400. The van der Waals surface area contributed by atoms with Crippen LogP contribution in [0.15, 0.2) is 30.3 Å². The summed E-state index contributed by atoms with van der Waals surface area (Å²) in [6, 6.07) is 9.27. The molecular weight excluding hydrogens is 320 g/mol. The zero-order chi connectivity index (χ0) is 17.9. The first-order valence-corrected chi connectivity index (χ1v) is 7.29. The third-order valence-electron chi connectivity index (χ3n) is 3.23. The number of piperidine rings is 1. The Balaban J connectivity index is 0.000000413. The van der Waals surface area contributed by atoms with Crippen molar-refractivity contribution in [2.45, 2.75) is 31.9 Å². The summed E-state index contributed by atoms with van der Waals surface area (Å²) in [5, 5.41) is 25.5. The summed E-state index contributed by atoms with van der Waals surface area (Å²) in [7, 11) is 0. The molecule has 0 saturated carbocycles. The second-order valence-electron chi connectivity index (χ2n) is 5.02. The molecule has 1 unspecified atom stereocenters. The second-order valence-corrected chi connectivity index (χ2v) is 5.02. The first kappa shape index (κ1) is 19.6. The van der Waals surface area contributed by atoms with Crippen LogP contribution in [0.4, 0.5) is 0 Å². The number of hydrogen-bond donors (Lipinski definition) is 4. The highest BCUT2D eigenvalue weighted by molar-refractivity contribution is 6.27. The van der Waals surface area contributed by atoms with Gasteiger partial charge in [0.2, 0.25) is 0 Å². The Hall–Kier alpha value is -2.49. The minimum atomic E-state index is -1.82. The monoisotopic (exact) mass is 340 g/mol. The fourth-order valence-corrected chi connectivity index (χ4v) is 2.07. The molecular formula is C15H20N2O7. The molecule has 24 heavy (non-hydrogen) atoms. The predicted molar refractivity (Wildman–Crippen MR) is 81.6 cm³/mol. The van der Waals surface area contributed by atoms with E-state index in [4.69, 9.17) is 29.7 Å². The molecule has 1 aromatic rings. The number of carboxylic acid groups (broad SMARTS) is 3. The van der Waals surface area contributed by atoms with Crippen LogP contribution < -0.4 is 5.59 Å². The minimum absolute atomic E-state index is 0.420.